The molecule has 0 fully saturated rings. The molecule has 0 saturated heterocycles. The van der Waals surface area contributed by atoms with E-state index in [9.17, 15) is 9.18 Å². The molecule has 3 nitrogen and oxygen atoms in total. The van der Waals surface area contributed by atoms with Crippen LogP contribution in [0.2, 0.25) is 0 Å². The average molecular weight is 267 g/mol. The van der Waals surface area contributed by atoms with Gasteiger partial charge in [0.15, 0.2) is 0 Å². The van der Waals surface area contributed by atoms with Gasteiger partial charge < -0.3 is 10.1 Å². The molecule has 1 N–H and O–H groups in total. The largest absolute Gasteiger partial charge is 0.462 e. The zero-order chi connectivity index (χ0) is 14.1. The van der Waals surface area contributed by atoms with Crippen molar-refractivity contribution in [3.05, 3.63) is 35.6 Å². The Morgan fingerprint density at radius 3 is 2.74 bits per heavy atom. The van der Waals surface area contributed by atoms with Crippen molar-refractivity contribution in [3.8, 4) is 0 Å². The highest BCUT2D eigenvalue weighted by Crippen LogP contribution is 2.07. The Labute approximate surface area is 114 Å². The minimum atomic E-state index is -0.597. The molecule has 0 radical (unpaired) electrons. The van der Waals surface area contributed by atoms with Crippen molar-refractivity contribution in [3.63, 3.8) is 0 Å². The normalized spacial score (nSPS) is 10.7. The monoisotopic (exact) mass is 267 g/mol. The standard InChI is InChI=1S/C15H22FNO2/c1-12(2)8-10-17-9-5-11-19-15(18)13-6-3-4-7-14(13)16/h3-4,6-7,12,17H,5,8-11H2,1-2H3. The van der Waals surface area contributed by atoms with Gasteiger partial charge >= 0.3 is 5.97 Å². The van der Waals surface area contributed by atoms with Crippen LogP contribution in [0.4, 0.5) is 4.39 Å². The van der Waals surface area contributed by atoms with E-state index in [1.165, 1.54) is 12.1 Å². The van der Waals surface area contributed by atoms with Gasteiger partial charge in [0.05, 0.1) is 12.2 Å². The molecule has 0 amide bonds. The fraction of sp³-hybridized carbons (Fsp3) is 0.533. The van der Waals surface area contributed by atoms with Gasteiger partial charge in [0, 0.05) is 0 Å². The Kier molecular flexibility index (Phi) is 7.11. The van der Waals surface area contributed by atoms with E-state index in [1.807, 2.05) is 0 Å². The SMILES string of the molecule is CC(C)CCNCCCOC(=O)c1ccccc1F. The second-order valence-corrected chi connectivity index (χ2v) is 4.90. The fourth-order valence-electron chi connectivity index (χ4n) is 1.58. The zero-order valence-corrected chi connectivity index (χ0v) is 11.6. The van der Waals surface area contributed by atoms with Crippen molar-refractivity contribution in [2.75, 3.05) is 19.7 Å². The number of ether oxygens (including phenoxy) is 1. The molecule has 0 bridgehead atoms. The lowest BCUT2D eigenvalue weighted by Crippen LogP contribution is -2.20. The Bertz CT molecular complexity index is 393. The first-order chi connectivity index (χ1) is 9.11. The number of hydrogen-bond acceptors (Lipinski definition) is 3. The third-order valence-corrected chi connectivity index (χ3v) is 2.72. The number of benzene rings is 1. The van der Waals surface area contributed by atoms with Crippen LogP contribution < -0.4 is 5.32 Å². The van der Waals surface area contributed by atoms with E-state index in [-0.39, 0.29) is 5.56 Å². The molecule has 1 aromatic carbocycles. The van der Waals surface area contributed by atoms with Crippen LogP contribution in [0.1, 0.15) is 37.0 Å². The van der Waals surface area contributed by atoms with Crippen molar-refractivity contribution in [2.45, 2.75) is 26.7 Å². The minimum Gasteiger partial charge on any atom is -0.462 e. The van der Waals surface area contributed by atoms with Crippen LogP contribution in [0, 0.1) is 11.7 Å². The number of carbonyl (C=O) groups is 1. The van der Waals surface area contributed by atoms with E-state index in [4.69, 9.17) is 4.74 Å². The third-order valence-electron chi connectivity index (χ3n) is 2.72. The Morgan fingerprint density at radius 1 is 1.32 bits per heavy atom. The van der Waals surface area contributed by atoms with Crippen molar-refractivity contribution < 1.29 is 13.9 Å². The van der Waals surface area contributed by atoms with Gasteiger partial charge in [-0.1, -0.05) is 26.0 Å². The van der Waals surface area contributed by atoms with Crippen molar-refractivity contribution >= 4 is 5.97 Å². The molecule has 0 saturated carbocycles. The summed E-state index contributed by atoms with van der Waals surface area (Å²) in [4.78, 5) is 11.6. The first-order valence-electron chi connectivity index (χ1n) is 6.73. The molecule has 0 aliphatic heterocycles. The highest BCUT2D eigenvalue weighted by atomic mass is 19.1. The summed E-state index contributed by atoms with van der Waals surface area (Å²) in [5.74, 6) is -0.450. The van der Waals surface area contributed by atoms with Crippen LogP contribution in [-0.4, -0.2) is 25.7 Å². The van der Waals surface area contributed by atoms with Crippen LogP contribution >= 0.6 is 0 Å². The quantitative estimate of drug-likeness (QED) is 0.581. The van der Waals surface area contributed by atoms with E-state index < -0.39 is 11.8 Å². The van der Waals surface area contributed by atoms with Crippen LogP contribution in [-0.2, 0) is 4.74 Å². The summed E-state index contributed by atoms with van der Waals surface area (Å²) in [6, 6.07) is 5.85. The maximum atomic E-state index is 13.3. The van der Waals surface area contributed by atoms with Crippen molar-refractivity contribution in [1.29, 1.82) is 0 Å². The molecule has 0 aromatic heterocycles. The maximum Gasteiger partial charge on any atom is 0.341 e. The summed E-state index contributed by atoms with van der Waals surface area (Å²) in [7, 11) is 0. The molecule has 0 aliphatic carbocycles. The number of esters is 1. The van der Waals surface area contributed by atoms with Gasteiger partial charge in [-0.15, -0.1) is 0 Å². The maximum absolute atomic E-state index is 13.3. The van der Waals surface area contributed by atoms with Gasteiger partial charge in [0.25, 0.3) is 0 Å². The predicted octanol–water partition coefficient (Wildman–Crippen LogP) is 3.01. The molecule has 1 aromatic rings. The smallest absolute Gasteiger partial charge is 0.341 e. The van der Waals surface area contributed by atoms with Gasteiger partial charge in [-0.25, -0.2) is 9.18 Å². The van der Waals surface area contributed by atoms with Crippen LogP contribution in [0.3, 0.4) is 0 Å². The van der Waals surface area contributed by atoms with Crippen molar-refractivity contribution in [2.24, 2.45) is 5.92 Å². The molecule has 0 heterocycles. The van der Waals surface area contributed by atoms with Gasteiger partial charge in [0.2, 0.25) is 0 Å². The molecule has 0 spiro atoms. The summed E-state index contributed by atoms with van der Waals surface area (Å²) < 4.78 is 18.3. The molecular formula is C15H22FNO2. The first-order valence-corrected chi connectivity index (χ1v) is 6.73. The van der Waals surface area contributed by atoms with E-state index in [2.05, 4.69) is 19.2 Å². The highest BCUT2D eigenvalue weighted by Gasteiger charge is 2.11. The molecule has 19 heavy (non-hydrogen) atoms. The van der Waals surface area contributed by atoms with Gasteiger partial charge in [-0.3, -0.25) is 0 Å². The first kappa shape index (κ1) is 15.6. The summed E-state index contributed by atoms with van der Waals surface area (Å²) in [5, 5.41) is 3.28. The van der Waals surface area contributed by atoms with E-state index in [1.54, 1.807) is 12.1 Å². The topological polar surface area (TPSA) is 38.3 Å². The molecule has 106 valence electrons. The lowest BCUT2D eigenvalue weighted by molar-refractivity contribution is 0.0495. The number of hydrogen-bond donors (Lipinski definition) is 1. The molecule has 0 unspecified atom stereocenters. The average Bonchev–Trinajstić information content (AvgIpc) is 2.37. The summed E-state index contributed by atoms with van der Waals surface area (Å²) in [6.07, 6.45) is 1.87. The summed E-state index contributed by atoms with van der Waals surface area (Å²) >= 11 is 0. The van der Waals surface area contributed by atoms with Gasteiger partial charge in [-0.05, 0) is 44.0 Å². The lowest BCUT2D eigenvalue weighted by Gasteiger charge is -2.08. The molecule has 0 aliphatic rings. The minimum absolute atomic E-state index is 0.00438. The molecule has 1 rings (SSSR count). The van der Waals surface area contributed by atoms with Crippen molar-refractivity contribution in [1.82, 2.24) is 5.32 Å². The second kappa shape index (κ2) is 8.64. The van der Waals surface area contributed by atoms with E-state index in [0.29, 0.717) is 12.5 Å². The molecule has 0 atom stereocenters. The highest BCUT2D eigenvalue weighted by molar-refractivity contribution is 5.89. The summed E-state index contributed by atoms with van der Waals surface area (Å²) in [6.45, 7) is 6.44. The van der Waals surface area contributed by atoms with Gasteiger partial charge in [-0.2, -0.15) is 0 Å². The summed E-state index contributed by atoms with van der Waals surface area (Å²) in [5.41, 5.74) is -0.00438. The molecular weight excluding hydrogens is 245 g/mol. The lowest BCUT2D eigenvalue weighted by atomic mass is 10.1. The number of halogens is 1. The predicted molar refractivity (Wildman–Crippen MR) is 73.6 cm³/mol. The number of nitrogens with one attached hydrogen (secondary N) is 1. The Morgan fingerprint density at radius 2 is 2.05 bits per heavy atom. The van der Waals surface area contributed by atoms with Gasteiger partial charge in [0.1, 0.15) is 5.82 Å². The van der Waals surface area contributed by atoms with Crippen LogP contribution in [0.5, 0.6) is 0 Å². The Balaban J connectivity index is 2.13. The second-order valence-electron chi connectivity index (χ2n) is 4.90. The van der Waals surface area contributed by atoms with Crippen LogP contribution in [0.25, 0.3) is 0 Å². The third kappa shape index (κ3) is 6.34. The van der Waals surface area contributed by atoms with E-state index in [0.717, 1.165) is 25.9 Å². The Hall–Kier alpha value is -1.42. The fourth-order valence-corrected chi connectivity index (χ4v) is 1.58. The number of rotatable bonds is 8. The van der Waals surface area contributed by atoms with Crippen LogP contribution in [0.15, 0.2) is 24.3 Å². The van der Waals surface area contributed by atoms with E-state index >= 15 is 0 Å². The zero-order valence-electron chi connectivity index (χ0n) is 11.6. The number of carbonyl (C=O) groups excluding carboxylic acids is 1. The molecule has 4 heteroatoms.